The highest BCUT2D eigenvalue weighted by molar-refractivity contribution is 5.77. The second-order valence-corrected chi connectivity index (χ2v) is 3.69. The van der Waals surface area contributed by atoms with E-state index in [1.807, 2.05) is 0 Å². The van der Waals surface area contributed by atoms with Crippen LogP contribution < -0.4 is 9.47 Å². The van der Waals surface area contributed by atoms with E-state index < -0.39 is 6.36 Å². The lowest BCUT2D eigenvalue weighted by molar-refractivity contribution is -0.274. The zero-order valence-electron chi connectivity index (χ0n) is 10.0. The summed E-state index contributed by atoms with van der Waals surface area (Å²) in [6.07, 6.45) is -2.12. The van der Waals surface area contributed by atoms with Crippen molar-refractivity contribution < 1.29 is 22.6 Å². The molecule has 0 saturated carbocycles. The van der Waals surface area contributed by atoms with E-state index in [0.29, 0.717) is 11.3 Å². The molecule has 0 spiro atoms. The lowest BCUT2D eigenvalue weighted by Gasteiger charge is -2.09. The minimum atomic E-state index is -4.72. The Morgan fingerprint density at radius 1 is 1.05 bits per heavy atom. The normalized spacial score (nSPS) is 10.9. The van der Waals surface area contributed by atoms with Gasteiger partial charge in [-0.05, 0) is 35.9 Å². The second kappa shape index (κ2) is 5.60. The van der Waals surface area contributed by atoms with Gasteiger partial charge < -0.3 is 14.9 Å². The molecule has 0 bridgehead atoms. The molecule has 2 rings (SSSR count). The fraction of sp³-hybridized carbons (Fsp3) is 0.0769. The first kappa shape index (κ1) is 13.9. The Balaban J connectivity index is 2.08. The van der Waals surface area contributed by atoms with Crippen LogP contribution in [0.4, 0.5) is 13.2 Å². The van der Waals surface area contributed by atoms with E-state index in [1.165, 1.54) is 24.4 Å². The topological polar surface area (TPSA) is 55.2 Å². The SMILES string of the molecule is N=Cc1ccnc(Oc2ccc(OC(F)(F)F)cc2)c1. The summed E-state index contributed by atoms with van der Waals surface area (Å²) in [7, 11) is 0. The second-order valence-electron chi connectivity index (χ2n) is 3.69. The predicted octanol–water partition coefficient (Wildman–Crippen LogP) is 3.77. The molecule has 2 aromatic rings. The summed E-state index contributed by atoms with van der Waals surface area (Å²) in [4.78, 5) is 3.93. The van der Waals surface area contributed by atoms with Crippen LogP contribution in [0.2, 0.25) is 0 Å². The van der Waals surface area contributed by atoms with Gasteiger partial charge in [-0.3, -0.25) is 0 Å². The summed E-state index contributed by atoms with van der Waals surface area (Å²) < 4.78 is 45.1. The molecular formula is C13H9F3N2O2. The number of nitrogens with one attached hydrogen (secondary N) is 1. The van der Waals surface area contributed by atoms with Crippen LogP contribution in [0, 0.1) is 5.41 Å². The zero-order valence-corrected chi connectivity index (χ0v) is 10.0. The van der Waals surface area contributed by atoms with Gasteiger partial charge in [-0.2, -0.15) is 0 Å². The van der Waals surface area contributed by atoms with Gasteiger partial charge in [-0.25, -0.2) is 4.98 Å². The Labute approximate surface area is 112 Å². The standard InChI is InChI=1S/C13H9F3N2O2/c14-13(15,16)20-11-3-1-10(2-4-11)19-12-7-9(8-17)5-6-18-12/h1-8,17H. The first-order valence-electron chi connectivity index (χ1n) is 5.46. The van der Waals surface area contributed by atoms with E-state index >= 15 is 0 Å². The van der Waals surface area contributed by atoms with E-state index in [-0.39, 0.29) is 11.6 Å². The van der Waals surface area contributed by atoms with E-state index in [0.717, 1.165) is 18.3 Å². The minimum Gasteiger partial charge on any atom is -0.439 e. The van der Waals surface area contributed by atoms with Crippen molar-refractivity contribution in [3.05, 3.63) is 48.2 Å². The van der Waals surface area contributed by atoms with E-state index in [4.69, 9.17) is 10.1 Å². The van der Waals surface area contributed by atoms with Crippen molar-refractivity contribution >= 4 is 6.21 Å². The van der Waals surface area contributed by atoms with Crippen LogP contribution in [0.25, 0.3) is 0 Å². The number of alkyl halides is 3. The average Bonchev–Trinajstić information content (AvgIpc) is 2.40. The molecule has 1 aromatic heterocycles. The molecule has 0 aliphatic rings. The lowest BCUT2D eigenvalue weighted by atomic mass is 10.3. The van der Waals surface area contributed by atoms with Crippen LogP contribution in [0.5, 0.6) is 17.4 Å². The van der Waals surface area contributed by atoms with Crippen LogP contribution in [0.1, 0.15) is 5.56 Å². The van der Waals surface area contributed by atoms with Crippen LogP contribution in [0.15, 0.2) is 42.6 Å². The third-order valence-electron chi connectivity index (χ3n) is 2.21. The summed E-state index contributed by atoms with van der Waals surface area (Å²) in [6, 6.07) is 8.11. The monoisotopic (exact) mass is 282 g/mol. The quantitative estimate of drug-likeness (QED) is 0.868. The molecule has 0 unspecified atom stereocenters. The third kappa shape index (κ3) is 3.98. The highest BCUT2D eigenvalue weighted by atomic mass is 19.4. The third-order valence-corrected chi connectivity index (χ3v) is 2.21. The van der Waals surface area contributed by atoms with Gasteiger partial charge in [0.1, 0.15) is 11.5 Å². The largest absolute Gasteiger partial charge is 0.573 e. The zero-order chi connectivity index (χ0) is 14.6. The predicted molar refractivity (Wildman–Crippen MR) is 65.3 cm³/mol. The average molecular weight is 282 g/mol. The molecule has 1 aromatic carbocycles. The van der Waals surface area contributed by atoms with Crippen molar-refractivity contribution in [2.24, 2.45) is 0 Å². The van der Waals surface area contributed by atoms with E-state index in [1.54, 1.807) is 6.07 Å². The number of rotatable bonds is 4. The first-order chi connectivity index (χ1) is 9.46. The molecule has 7 heteroatoms. The summed E-state index contributed by atoms with van der Waals surface area (Å²) in [5.74, 6) is 0.232. The highest BCUT2D eigenvalue weighted by Gasteiger charge is 2.30. The Kier molecular flexibility index (Phi) is 3.88. The lowest BCUT2D eigenvalue weighted by Crippen LogP contribution is -2.16. The van der Waals surface area contributed by atoms with E-state index in [9.17, 15) is 13.2 Å². The molecule has 0 aliphatic heterocycles. The van der Waals surface area contributed by atoms with E-state index in [2.05, 4.69) is 9.72 Å². The number of benzene rings is 1. The summed E-state index contributed by atoms with van der Waals surface area (Å²) >= 11 is 0. The van der Waals surface area contributed by atoms with Crippen molar-refractivity contribution in [1.82, 2.24) is 4.98 Å². The maximum atomic E-state index is 12.0. The van der Waals surface area contributed by atoms with Gasteiger partial charge >= 0.3 is 6.36 Å². The van der Waals surface area contributed by atoms with Crippen LogP contribution >= 0.6 is 0 Å². The van der Waals surface area contributed by atoms with Gasteiger partial charge in [-0.15, -0.1) is 13.2 Å². The Morgan fingerprint density at radius 3 is 2.30 bits per heavy atom. The van der Waals surface area contributed by atoms with Crippen LogP contribution in [0.3, 0.4) is 0 Å². The van der Waals surface area contributed by atoms with Crippen molar-refractivity contribution in [1.29, 1.82) is 5.41 Å². The molecule has 0 aliphatic carbocycles. The number of halogens is 3. The smallest absolute Gasteiger partial charge is 0.439 e. The summed E-state index contributed by atoms with van der Waals surface area (Å²) in [6.45, 7) is 0. The molecule has 1 N–H and O–H groups in total. The highest BCUT2D eigenvalue weighted by Crippen LogP contribution is 2.26. The maximum Gasteiger partial charge on any atom is 0.573 e. The first-order valence-corrected chi connectivity index (χ1v) is 5.46. The van der Waals surface area contributed by atoms with Gasteiger partial charge in [0.25, 0.3) is 0 Å². The molecule has 0 atom stereocenters. The Hall–Kier alpha value is -2.57. The maximum absolute atomic E-state index is 12.0. The summed E-state index contributed by atoms with van der Waals surface area (Å²) in [5, 5.41) is 7.10. The number of hydrogen-bond donors (Lipinski definition) is 1. The van der Waals surface area contributed by atoms with Crippen molar-refractivity contribution in [3.8, 4) is 17.4 Å². The number of pyridine rings is 1. The number of aromatic nitrogens is 1. The molecule has 0 radical (unpaired) electrons. The van der Waals surface area contributed by atoms with Crippen LogP contribution in [-0.4, -0.2) is 17.6 Å². The fourth-order valence-electron chi connectivity index (χ4n) is 1.40. The van der Waals surface area contributed by atoms with Gasteiger partial charge in [0.2, 0.25) is 5.88 Å². The summed E-state index contributed by atoms with van der Waals surface area (Å²) in [5.41, 5.74) is 0.604. The molecule has 20 heavy (non-hydrogen) atoms. The number of hydrogen-bond acceptors (Lipinski definition) is 4. The molecular weight excluding hydrogens is 273 g/mol. The Morgan fingerprint density at radius 2 is 1.70 bits per heavy atom. The minimum absolute atomic E-state index is 0.246. The molecule has 0 saturated heterocycles. The van der Waals surface area contributed by atoms with Gasteiger partial charge in [0.15, 0.2) is 0 Å². The molecule has 0 amide bonds. The number of ether oxygens (including phenoxy) is 2. The van der Waals surface area contributed by atoms with Crippen molar-refractivity contribution in [2.75, 3.05) is 0 Å². The van der Waals surface area contributed by atoms with Gasteiger partial charge in [0, 0.05) is 18.5 Å². The van der Waals surface area contributed by atoms with Crippen LogP contribution in [-0.2, 0) is 0 Å². The van der Waals surface area contributed by atoms with Gasteiger partial charge in [-0.1, -0.05) is 0 Å². The van der Waals surface area contributed by atoms with Gasteiger partial charge in [0.05, 0.1) is 0 Å². The molecule has 104 valence electrons. The fourth-order valence-corrected chi connectivity index (χ4v) is 1.40. The number of nitrogens with zero attached hydrogens (tertiary/aromatic N) is 1. The van der Waals surface area contributed by atoms with Crippen molar-refractivity contribution in [3.63, 3.8) is 0 Å². The molecule has 0 fully saturated rings. The molecule has 4 nitrogen and oxygen atoms in total. The van der Waals surface area contributed by atoms with Crippen molar-refractivity contribution in [2.45, 2.75) is 6.36 Å². The Bertz CT molecular complexity index is 597. The molecule has 1 heterocycles.